The maximum Gasteiger partial charge on any atom is 0.215 e. The van der Waals surface area contributed by atoms with Crippen LogP contribution in [-0.2, 0) is 0 Å². The second-order valence-corrected chi connectivity index (χ2v) is 2.53. The summed E-state index contributed by atoms with van der Waals surface area (Å²) < 4.78 is 0.595. The van der Waals surface area contributed by atoms with Crippen molar-refractivity contribution in [3.63, 3.8) is 0 Å². The van der Waals surface area contributed by atoms with Gasteiger partial charge in [-0.1, -0.05) is 12.1 Å². The molecule has 2 rings (SSSR count). The number of benzene rings is 1. The standard InChI is InChI=1S/C9H7NO2/c11-8-5-1-3-7-4-2-6-10(12)9(7)8/h1-6,11H/p-1. The molecule has 60 valence electrons. The van der Waals surface area contributed by atoms with Crippen LogP contribution in [0.2, 0.25) is 0 Å². The molecule has 2 aromatic rings. The first-order valence-corrected chi connectivity index (χ1v) is 3.57. The van der Waals surface area contributed by atoms with Crippen molar-refractivity contribution in [1.29, 1.82) is 0 Å². The third kappa shape index (κ3) is 0.871. The van der Waals surface area contributed by atoms with Crippen LogP contribution in [0.4, 0.5) is 0 Å². The van der Waals surface area contributed by atoms with Crippen LogP contribution >= 0.6 is 0 Å². The zero-order valence-corrected chi connectivity index (χ0v) is 6.23. The SMILES string of the molecule is [O-]c1cccc2ccc[n+]([O-])c12. The van der Waals surface area contributed by atoms with Gasteiger partial charge in [-0.05, 0) is 17.9 Å². The number of fused-ring (bicyclic) bond motifs is 1. The maximum absolute atomic E-state index is 11.2. The molecule has 3 nitrogen and oxygen atoms in total. The van der Waals surface area contributed by atoms with Crippen LogP contribution < -0.4 is 9.84 Å². The molecule has 1 heterocycles. The third-order valence-electron chi connectivity index (χ3n) is 1.75. The van der Waals surface area contributed by atoms with Gasteiger partial charge in [0, 0.05) is 11.5 Å². The molecule has 0 aliphatic heterocycles. The topological polar surface area (TPSA) is 50.0 Å². The summed E-state index contributed by atoms with van der Waals surface area (Å²) in [6.07, 6.45) is 1.32. The van der Waals surface area contributed by atoms with Crippen molar-refractivity contribution >= 4 is 10.9 Å². The Kier molecular flexibility index (Phi) is 1.37. The summed E-state index contributed by atoms with van der Waals surface area (Å²) in [5.41, 5.74) is 0.208. The maximum atomic E-state index is 11.2. The van der Waals surface area contributed by atoms with Crippen LogP contribution in [0.3, 0.4) is 0 Å². The Morgan fingerprint density at radius 3 is 2.58 bits per heavy atom. The number of pyridine rings is 1. The molecule has 0 bridgehead atoms. The molecular weight excluding hydrogens is 154 g/mol. The van der Waals surface area contributed by atoms with E-state index >= 15 is 0 Å². The Morgan fingerprint density at radius 2 is 1.83 bits per heavy atom. The molecular formula is C9H6NO2-. The first-order chi connectivity index (χ1) is 5.79. The highest BCUT2D eigenvalue weighted by molar-refractivity contribution is 5.80. The number of rotatable bonds is 0. The Bertz CT molecular complexity index is 389. The minimum Gasteiger partial charge on any atom is -0.868 e. The van der Waals surface area contributed by atoms with Crippen LogP contribution in [0.1, 0.15) is 0 Å². The zero-order valence-electron chi connectivity index (χ0n) is 6.23. The molecule has 0 spiro atoms. The normalized spacial score (nSPS) is 10.3. The monoisotopic (exact) mass is 160 g/mol. The van der Waals surface area contributed by atoms with E-state index in [-0.39, 0.29) is 11.3 Å². The van der Waals surface area contributed by atoms with Crippen molar-refractivity contribution < 1.29 is 9.84 Å². The van der Waals surface area contributed by atoms with Gasteiger partial charge in [0.1, 0.15) is 0 Å². The van der Waals surface area contributed by atoms with Gasteiger partial charge in [0.05, 0.1) is 0 Å². The molecule has 12 heavy (non-hydrogen) atoms. The number of hydrogen-bond acceptors (Lipinski definition) is 2. The lowest BCUT2D eigenvalue weighted by Gasteiger charge is -2.08. The second-order valence-electron chi connectivity index (χ2n) is 2.53. The van der Waals surface area contributed by atoms with Crippen LogP contribution in [-0.4, -0.2) is 0 Å². The summed E-state index contributed by atoms with van der Waals surface area (Å²) in [4.78, 5) is 0. The van der Waals surface area contributed by atoms with Crippen molar-refractivity contribution in [3.05, 3.63) is 41.7 Å². The molecule has 0 aliphatic carbocycles. The quantitative estimate of drug-likeness (QED) is 0.417. The van der Waals surface area contributed by atoms with Crippen LogP contribution in [0.5, 0.6) is 5.75 Å². The molecule has 1 aromatic carbocycles. The van der Waals surface area contributed by atoms with Crippen molar-refractivity contribution in [3.8, 4) is 5.75 Å². The molecule has 0 radical (unpaired) electrons. The molecule has 3 heteroatoms. The van der Waals surface area contributed by atoms with Crippen LogP contribution in [0.25, 0.3) is 10.9 Å². The van der Waals surface area contributed by atoms with Gasteiger partial charge >= 0.3 is 0 Å². The van der Waals surface area contributed by atoms with E-state index in [0.717, 1.165) is 0 Å². The summed E-state index contributed by atoms with van der Waals surface area (Å²) in [5, 5.41) is 23.0. The highest BCUT2D eigenvalue weighted by Crippen LogP contribution is 2.16. The first kappa shape index (κ1) is 6.91. The molecule has 0 atom stereocenters. The third-order valence-corrected chi connectivity index (χ3v) is 1.75. The molecule has 0 aliphatic rings. The highest BCUT2D eigenvalue weighted by atomic mass is 16.5. The van der Waals surface area contributed by atoms with Gasteiger partial charge in [-0.3, -0.25) is 0 Å². The van der Waals surface area contributed by atoms with E-state index in [0.29, 0.717) is 10.1 Å². The van der Waals surface area contributed by atoms with Gasteiger partial charge in [0.15, 0.2) is 6.20 Å². The van der Waals surface area contributed by atoms with Gasteiger partial charge in [-0.15, -0.1) is 0 Å². The van der Waals surface area contributed by atoms with Gasteiger partial charge in [-0.25, -0.2) is 0 Å². The van der Waals surface area contributed by atoms with E-state index in [1.54, 1.807) is 24.3 Å². The molecule has 0 saturated heterocycles. The summed E-state index contributed by atoms with van der Waals surface area (Å²) >= 11 is 0. The number of hydrogen-bond donors (Lipinski definition) is 0. The number of nitrogens with zero attached hydrogens (tertiary/aromatic N) is 1. The van der Waals surface area contributed by atoms with E-state index in [9.17, 15) is 10.3 Å². The van der Waals surface area contributed by atoms with Crippen molar-refractivity contribution in [2.75, 3.05) is 0 Å². The molecule has 0 unspecified atom stereocenters. The van der Waals surface area contributed by atoms with E-state index < -0.39 is 0 Å². The molecule has 0 N–H and O–H groups in total. The lowest BCUT2D eigenvalue weighted by molar-refractivity contribution is -0.579. The summed E-state index contributed by atoms with van der Waals surface area (Å²) in [6, 6.07) is 8.13. The average molecular weight is 160 g/mol. The Hall–Kier alpha value is -1.77. The van der Waals surface area contributed by atoms with E-state index in [4.69, 9.17) is 0 Å². The van der Waals surface area contributed by atoms with E-state index in [1.807, 2.05) is 0 Å². The molecule has 0 fully saturated rings. The summed E-state index contributed by atoms with van der Waals surface area (Å²) in [7, 11) is 0. The van der Waals surface area contributed by atoms with E-state index in [1.165, 1.54) is 12.3 Å². The lowest BCUT2D eigenvalue weighted by Crippen LogP contribution is -2.26. The Morgan fingerprint density at radius 1 is 1.08 bits per heavy atom. The highest BCUT2D eigenvalue weighted by Gasteiger charge is 2.00. The molecule has 1 aromatic heterocycles. The lowest BCUT2D eigenvalue weighted by atomic mass is 10.2. The van der Waals surface area contributed by atoms with E-state index in [2.05, 4.69) is 0 Å². The minimum absolute atomic E-state index is 0.208. The Labute approximate surface area is 69.1 Å². The fraction of sp³-hybridized carbons (Fsp3) is 0. The van der Waals surface area contributed by atoms with Crippen LogP contribution in [0.15, 0.2) is 36.5 Å². The minimum atomic E-state index is -0.233. The Balaban J connectivity index is 2.96. The summed E-state index contributed by atoms with van der Waals surface area (Å²) in [6.45, 7) is 0. The fourth-order valence-corrected chi connectivity index (χ4v) is 1.21. The summed E-state index contributed by atoms with van der Waals surface area (Å²) in [5.74, 6) is -0.233. The number of para-hydroxylation sites is 1. The fourth-order valence-electron chi connectivity index (χ4n) is 1.21. The predicted octanol–water partition coefficient (Wildman–Crippen LogP) is 0.547. The van der Waals surface area contributed by atoms with Gasteiger partial charge in [-0.2, -0.15) is 4.73 Å². The van der Waals surface area contributed by atoms with Crippen molar-refractivity contribution in [2.45, 2.75) is 0 Å². The zero-order chi connectivity index (χ0) is 8.55. The number of aromatic nitrogens is 1. The van der Waals surface area contributed by atoms with Gasteiger partial charge in [0.25, 0.3) is 0 Å². The first-order valence-electron chi connectivity index (χ1n) is 3.57. The van der Waals surface area contributed by atoms with Gasteiger partial charge < -0.3 is 10.3 Å². The second kappa shape index (κ2) is 2.37. The van der Waals surface area contributed by atoms with Gasteiger partial charge in [0.2, 0.25) is 5.52 Å². The smallest absolute Gasteiger partial charge is 0.215 e. The van der Waals surface area contributed by atoms with Crippen molar-refractivity contribution in [2.24, 2.45) is 0 Å². The predicted molar refractivity (Wildman–Crippen MR) is 42.4 cm³/mol. The molecule has 0 saturated carbocycles. The largest absolute Gasteiger partial charge is 0.868 e. The average Bonchev–Trinajstić information content (AvgIpc) is 2.04. The van der Waals surface area contributed by atoms with Crippen LogP contribution in [0, 0.1) is 5.21 Å². The molecule has 0 amide bonds. The van der Waals surface area contributed by atoms with Crippen molar-refractivity contribution in [1.82, 2.24) is 0 Å².